The van der Waals surface area contributed by atoms with Gasteiger partial charge in [-0.1, -0.05) is 30.7 Å². The number of hydrogen-bond acceptors (Lipinski definition) is 2. The molecule has 0 aliphatic heterocycles. The summed E-state index contributed by atoms with van der Waals surface area (Å²) in [5.41, 5.74) is 8.26. The van der Waals surface area contributed by atoms with Crippen LogP contribution in [0.1, 0.15) is 36.8 Å². The Morgan fingerprint density at radius 3 is 2.89 bits per heavy atom. The van der Waals surface area contributed by atoms with Crippen molar-refractivity contribution in [3.05, 3.63) is 35.4 Å². The van der Waals surface area contributed by atoms with Gasteiger partial charge in [-0.3, -0.25) is 4.79 Å². The molecule has 1 aliphatic carbocycles. The van der Waals surface area contributed by atoms with Gasteiger partial charge >= 0.3 is 0 Å². The van der Waals surface area contributed by atoms with Crippen molar-refractivity contribution in [2.24, 2.45) is 11.7 Å². The predicted octanol–water partition coefficient (Wildman–Crippen LogP) is 2.17. The molecule has 0 heterocycles. The fourth-order valence-electron chi connectivity index (χ4n) is 2.93. The van der Waals surface area contributed by atoms with Crippen LogP contribution in [0.3, 0.4) is 0 Å². The number of nitrogens with one attached hydrogen (secondary N) is 1. The number of carbonyl (C=O) groups excluding carboxylic acids is 1. The predicted molar refractivity (Wildman–Crippen MR) is 77.8 cm³/mol. The number of benzene rings is 1. The molecule has 2 atom stereocenters. The quantitative estimate of drug-likeness (QED) is 0.852. The summed E-state index contributed by atoms with van der Waals surface area (Å²) in [5, 5.41) is 3.15. The van der Waals surface area contributed by atoms with E-state index in [1.165, 1.54) is 17.5 Å². The van der Waals surface area contributed by atoms with E-state index in [1.807, 2.05) is 12.1 Å². The van der Waals surface area contributed by atoms with Gasteiger partial charge in [0.15, 0.2) is 0 Å². The minimum atomic E-state index is 0.161. The number of amides is 1. The van der Waals surface area contributed by atoms with Gasteiger partial charge in [0.05, 0.1) is 0 Å². The van der Waals surface area contributed by atoms with E-state index in [0.717, 1.165) is 19.3 Å². The van der Waals surface area contributed by atoms with Crippen molar-refractivity contribution in [3.63, 3.8) is 0 Å². The molecule has 0 aromatic heterocycles. The first kappa shape index (κ1) is 14.1. The van der Waals surface area contributed by atoms with Gasteiger partial charge in [0, 0.05) is 12.5 Å². The summed E-state index contributed by atoms with van der Waals surface area (Å²) in [6, 6.07) is 8.55. The molecule has 19 heavy (non-hydrogen) atoms. The van der Waals surface area contributed by atoms with Gasteiger partial charge < -0.3 is 11.1 Å². The molecule has 3 nitrogen and oxygen atoms in total. The molecular weight excluding hydrogens is 236 g/mol. The average Bonchev–Trinajstić information content (AvgIpc) is 2.85. The minimum Gasteiger partial charge on any atom is -0.353 e. The summed E-state index contributed by atoms with van der Waals surface area (Å²) in [7, 11) is 0. The molecule has 1 fully saturated rings. The molecule has 1 aliphatic rings. The van der Waals surface area contributed by atoms with Crippen LogP contribution in [-0.4, -0.2) is 18.5 Å². The van der Waals surface area contributed by atoms with Crippen molar-refractivity contribution in [3.8, 4) is 0 Å². The highest BCUT2D eigenvalue weighted by Crippen LogP contribution is 2.24. The second kappa shape index (κ2) is 6.71. The van der Waals surface area contributed by atoms with E-state index in [4.69, 9.17) is 5.73 Å². The zero-order valence-electron chi connectivity index (χ0n) is 11.7. The van der Waals surface area contributed by atoms with E-state index in [2.05, 4.69) is 24.4 Å². The van der Waals surface area contributed by atoms with E-state index in [9.17, 15) is 4.79 Å². The molecule has 1 saturated carbocycles. The summed E-state index contributed by atoms with van der Waals surface area (Å²) >= 11 is 0. The molecule has 2 unspecified atom stereocenters. The Kier molecular flexibility index (Phi) is 4.97. The number of carbonyl (C=O) groups is 1. The van der Waals surface area contributed by atoms with E-state index in [-0.39, 0.29) is 5.91 Å². The lowest BCUT2D eigenvalue weighted by Gasteiger charge is -2.19. The molecule has 3 N–H and O–H groups in total. The van der Waals surface area contributed by atoms with Gasteiger partial charge in [-0.2, -0.15) is 0 Å². The van der Waals surface area contributed by atoms with E-state index >= 15 is 0 Å². The van der Waals surface area contributed by atoms with Crippen LogP contribution in [0.25, 0.3) is 0 Å². The first-order chi connectivity index (χ1) is 9.20. The lowest BCUT2D eigenvalue weighted by molar-refractivity contribution is -0.122. The van der Waals surface area contributed by atoms with Crippen LogP contribution in [0, 0.1) is 12.8 Å². The van der Waals surface area contributed by atoms with Crippen LogP contribution < -0.4 is 11.1 Å². The molecule has 1 aromatic carbocycles. The zero-order valence-corrected chi connectivity index (χ0v) is 11.7. The Labute approximate surface area is 115 Å². The highest BCUT2D eigenvalue weighted by atomic mass is 16.1. The maximum absolute atomic E-state index is 12.0. The van der Waals surface area contributed by atoms with Gasteiger partial charge in [0.25, 0.3) is 0 Å². The maximum Gasteiger partial charge on any atom is 0.220 e. The zero-order chi connectivity index (χ0) is 13.7. The lowest BCUT2D eigenvalue weighted by atomic mass is 10.0. The molecule has 3 heteroatoms. The third-order valence-electron chi connectivity index (χ3n) is 4.19. The Morgan fingerprint density at radius 1 is 1.37 bits per heavy atom. The van der Waals surface area contributed by atoms with Crippen LogP contribution in [0.15, 0.2) is 24.3 Å². The highest BCUT2D eigenvalue weighted by molar-refractivity contribution is 5.76. The summed E-state index contributed by atoms with van der Waals surface area (Å²) in [5.74, 6) is 0.635. The number of rotatable bonds is 5. The standard InChI is InChI=1S/C16H24N2O/c1-12-5-2-3-6-13(12)9-10-16(19)18-15-8-4-7-14(15)11-17/h2-3,5-6,14-15H,4,7-11,17H2,1H3,(H,18,19). The summed E-state index contributed by atoms with van der Waals surface area (Å²) in [6.07, 6.45) is 4.80. The van der Waals surface area contributed by atoms with Gasteiger partial charge in [-0.05, 0) is 49.8 Å². The van der Waals surface area contributed by atoms with E-state index in [0.29, 0.717) is 24.9 Å². The largest absolute Gasteiger partial charge is 0.353 e. The third kappa shape index (κ3) is 3.80. The molecule has 1 aromatic rings. The molecule has 0 saturated heterocycles. The van der Waals surface area contributed by atoms with Crippen molar-refractivity contribution >= 4 is 5.91 Å². The second-order valence-electron chi connectivity index (χ2n) is 5.53. The summed E-state index contributed by atoms with van der Waals surface area (Å²) in [6.45, 7) is 2.78. The molecule has 104 valence electrons. The number of nitrogens with two attached hydrogens (primary N) is 1. The van der Waals surface area contributed by atoms with Crippen LogP contribution in [0.4, 0.5) is 0 Å². The Balaban J connectivity index is 1.80. The fraction of sp³-hybridized carbons (Fsp3) is 0.562. The summed E-state index contributed by atoms with van der Waals surface area (Å²) in [4.78, 5) is 12.0. The minimum absolute atomic E-state index is 0.161. The van der Waals surface area contributed by atoms with Crippen molar-refractivity contribution in [2.45, 2.75) is 45.1 Å². The molecule has 2 rings (SSSR count). The van der Waals surface area contributed by atoms with E-state index in [1.54, 1.807) is 0 Å². The van der Waals surface area contributed by atoms with Crippen molar-refractivity contribution in [1.29, 1.82) is 0 Å². The number of aryl methyl sites for hydroxylation is 2. The fourth-order valence-corrected chi connectivity index (χ4v) is 2.93. The first-order valence-corrected chi connectivity index (χ1v) is 7.24. The van der Waals surface area contributed by atoms with Gasteiger partial charge in [0.2, 0.25) is 5.91 Å². The monoisotopic (exact) mass is 260 g/mol. The van der Waals surface area contributed by atoms with Gasteiger partial charge in [-0.15, -0.1) is 0 Å². The maximum atomic E-state index is 12.0. The Hall–Kier alpha value is -1.35. The molecule has 0 radical (unpaired) electrons. The lowest BCUT2D eigenvalue weighted by Crippen LogP contribution is -2.39. The SMILES string of the molecule is Cc1ccccc1CCC(=O)NC1CCCC1CN. The van der Waals surface area contributed by atoms with Crippen LogP contribution >= 0.6 is 0 Å². The molecular formula is C16H24N2O. The highest BCUT2D eigenvalue weighted by Gasteiger charge is 2.26. The molecule has 0 bridgehead atoms. The summed E-state index contributed by atoms with van der Waals surface area (Å²) < 4.78 is 0. The van der Waals surface area contributed by atoms with Gasteiger partial charge in [0.1, 0.15) is 0 Å². The van der Waals surface area contributed by atoms with Crippen molar-refractivity contribution in [1.82, 2.24) is 5.32 Å². The van der Waals surface area contributed by atoms with Crippen LogP contribution in [0.2, 0.25) is 0 Å². The van der Waals surface area contributed by atoms with Crippen molar-refractivity contribution in [2.75, 3.05) is 6.54 Å². The van der Waals surface area contributed by atoms with Crippen LogP contribution in [0.5, 0.6) is 0 Å². The molecule has 1 amide bonds. The normalized spacial score (nSPS) is 22.4. The third-order valence-corrected chi connectivity index (χ3v) is 4.19. The van der Waals surface area contributed by atoms with Crippen LogP contribution in [-0.2, 0) is 11.2 Å². The Bertz CT molecular complexity index is 431. The number of hydrogen-bond donors (Lipinski definition) is 2. The Morgan fingerprint density at radius 2 is 2.16 bits per heavy atom. The average molecular weight is 260 g/mol. The first-order valence-electron chi connectivity index (χ1n) is 7.24. The topological polar surface area (TPSA) is 55.1 Å². The van der Waals surface area contributed by atoms with Crippen molar-refractivity contribution < 1.29 is 4.79 Å². The van der Waals surface area contributed by atoms with E-state index < -0.39 is 0 Å². The second-order valence-corrected chi connectivity index (χ2v) is 5.53. The molecule has 0 spiro atoms. The smallest absolute Gasteiger partial charge is 0.220 e. The van der Waals surface area contributed by atoms with Gasteiger partial charge in [-0.25, -0.2) is 0 Å².